The molecule has 3 aromatic carbocycles. The van der Waals surface area contributed by atoms with Crippen LogP contribution in [0.25, 0.3) is 17.2 Å². The molecule has 0 atom stereocenters. The molecule has 4 nitrogen and oxygen atoms in total. The molecule has 1 N–H and O–H groups in total. The van der Waals surface area contributed by atoms with Gasteiger partial charge in [-0.15, -0.1) is 0 Å². The van der Waals surface area contributed by atoms with Crippen molar-refractivity contribution in [2.45, 2.75) is 0 Å². The third-order valence-corrected chi connectivity index (χ3v) is 3.89. The summed E-state index contributed by atoms with van der Waals surface area (Å²) in [7, 11) is 0. The van der Waals surface area contributed by atoms with Gasteiger partial charge < -0.3 is 10.1 Å². The maximum absolute atomic E-state index is 13.1. The van der Waals surface area contributed by atoms with Crippen LogP contribution in [-0.4, -0.2) is 18.5 Å². The van der Waals surface area contributed by atoms with E-state index in [1.54, 1.807) is 12.1 Å². The monoisotopic (exact) mass is 375 g/mol. The number of benzene rings is 3. The van der Waals surface area contributed by atoms with Crippen molar-refractivity contribution >= 4 is 23.6 Å². The van der Waals surface area contributed by atoms with Crippen molar-refractivity contribution in [3.05, 3.63) is 96.3 Å². The van der Waals surface area contributed by atoms with Crippen molar-refractivity contribution in [1.82, 2.24) is 0 Å². The predicted molar refractivity (Wildman–Crippen MR) is 107 cm³/mol. The molecule has 0 aromatic heterocycles. The minimum atomic E-state index is -0.684. The summed E-state index contributed by atoms with van der Waals surface area (Å²) in [6, 6.07) is 22.8. The summed E-state index contributed by atoms with van der Waals surface area (Å²) in [5, 5.41) is 2.76. The molecule has 0 bridgehead atoms. The number of nitrogens with one attached hydrogen (secondary N) is 1. The summed E-state index contributed by atoms with van der Waals surface area (Å²) >= 11 is 0. The molecule has 140 valence electrons. The lowest BCUT2D eigenvalue weighted by Gasteiger charge is -2.11. The van der Waals surface area contributed by atoms with Crippen LogP contribution in [0, 0.1) is 5.82 Å². The number of ether oxygens (including phenoxy) is 1. The van der Waals surface area contributed by atoms with Gasteiger partial charge in [0.05, 0.1) is 0 Å². The number of hydrogen-bond acceptors (Lipinski definition) is 3. The number of carbonyl (C=O) groups is 2. The Morgan fingerprint density at radius 3 is 2.46 bits per heavy atom. The van der Waals surface area contributed by atoms with E-state index in [2.05, 4.69) is 5.32 Å². The molecular formula is C23H18FNO3. The molecular weight excluding hydrogens is 357 g/mol. The SMILES string of the molecule is O=C(COC(=O)C=Cc1cccc(F)c1)Nc1ccccc1-c1ccccc1. The van der Waals surface area contributed by atoms with Crippen LogP contribution in [0.3, 0.4) is 0 Å². The summed E-state index contributed by atoms with van der Waals surface area (Å²) in [5.74, 6) is -1.53. The van der Waals surface area contributed by atoms with E-state index in [-0.39, 0.29) is 0 Å². The number of halogens is 1. The summed E-state index contributed by atoms with van der Waals surface area (Å²) < 4.78 is 18.0. The van der Waals surface area contributed by atoms with Crippen LogP contribution in [0.1, 0.15) is 5.56 Å². The van der Waals surface area contributed by atoms with Gasteiger partial charge in [-0.3, -0.25) is 4.79 Å². The maximum Gasteiger partial charge on any atom is 0.331 e. The fourth-order valence-electron chi connectivity index (χ4n) is 2.61. The highest BCUT2D eigenvalue weighted by molar-refractivity contribution is 5.97. The highest BCUT2D eigenvalue weighted by Gasteiger charge is 2.09. The summed E-state index contributed by atoms with van der Waals surface area (Å²) in [5.41, 5.74) is 2.99. The number of anilines is 1. The van der Waals surface area contributed by atoms with E-state index in [4.69, 9.17) is 4.74 Å². The lowest BCUT2D eigenvalue weighted by Crippen LogP contribution is -2.20. The molecule has 0 aliphatic carbocycles. The van der Waals surface area contributed by atoms with Gasteiger partial charge in [0.25, 0.3) is 5.91 Å². The zero-order valence-electron chi connectivity index (χ0n) is 15.0. The first-order valence-electron chi connectivity index (χ1n) is 8.66. The molecule has 0 fully saturated rings. The fourth-order valence-corrected chi connectivity index (χ4v) is 2.61. The van der Waals surface area contributed by atoms with Gasteiger partial charge in [0, 0.05) is 17.3 Å². The van der Waals surface area contributed by atoms with Crippen molar-refractivity contribution in [3.63, 3.8) is 0 Å². The first-order valence-corrected chi connectivity index (χ1v) is 8.66. The van der Waals surface area contributed by atoms with E-state index in [9.17, 15) is 14.0 Å². The smallest absolute Gasteiger partial charge is 0.331 e. The number of para-hydroxylation sites is 1. The van der Waals surface area contributed by atoms with E-state index < -0.39 is 24.3 Å². The second kappa shape index (κ2) is 9.28. The van der Waals surface area contributed by atoms with Crippen LogP contribution in [0.4, 0.5) is 10.1 Å². The van der Waals surface area contributed by atoms with Gasteiger partial charge in [-0.1, -0.05) is 60.7 Å². The fraction of sp³-hybridized carbons (Fsp3) is 0.0435. The quantitative estimate of drug-likeness (QED) is 0.502. The summed E-state index contributed by atoms with van der Waals surface area (Å²) in [4.78, 5) is 23.9. The molecule has 0 heterocycles. The van der Waals surface area contributed by atoms with Crippen molar-refractivity contribution in [2.75, 3.05) is 11.9 Å². The first-order chi connectivity index (χ1) is 13.6. The molecule has 3 aromatic rings. The number of carbonyl (C=O) groups excluding carboxylic acids is 2. The van der Waals surface area contributed by atoms with Crippen molar-refractivity contribution in [3.8, 4) is 11.1 Å². The normalized spacial score (nSPS) is 10.6. The Labute approximate surface area is 162 Å². The van der Waals surface area contributed by atoms with Gasteiger partial charge in [-0.25, -0.2) is 9.18 Å². The average Bonchev–Trinajstić information content (AvgIpc) is 2.72. The van der Waals surface area contributed by atoms with Gasteiger partial charge in [0.1, 0.15) is 5.82 Å². The third kappa shape index (κ3) is 5.38. The standard InChI is InChI=1S/C23H18FNO3/c24-19-10-6-7-17(15-19)13-14-23(27)28-16-22(26)25-21-12-5-4-11-20(21)18-8-2-1-3-9-18/h1-15H,16H2,(H,25,26). The van der Waals surface area contributed by atoms with Crippen molar-refractivity contribution in [2.24, 2.45) is 0 Å². The molecule has 0 saturated heterocycles. The van der Waals surface area contributed by atoms with Crippen molar-refractivity contribution < 1.29 is 18.7 Å². The first kappa shape index (κ1) is 19.0. The molecule has 5 heteroatoms. The highest BCUT2D eigenvalue weighted by Crippen LogP contribution is 2.27. The lowest BCUT2D eigenvalue weighted by atomic mass is 10.0. The highest BCUT2D eigenvalue weighted by atomic mass is 19.1. The summed E-state index contributed by atoms with van der Waals surface area (Å²) in [6.07, 6.45) is 2.58. The van der Waals surface area contributed by atoms with Crippen LogP contribution >= 0.6 is 0 Å². The Kier molecular flexibility index (Phi) is 6.31. The third-order valence-electron chi connectivity index (χ3n) is 3.89. The van der Waals surface area contributed by atoms with Crippen LogP contribution in [0.2, 0.25) is 0 Å². The van der Waals surface area contributed by atoms with Crippen LogP contribution in [0.5, 0.6) is 0 Å². The minimum absolute atomic E-state index is 0.396. The van der Waals surface area contributed by atoms with E-state index >= 15 is 0 Å². The van der Waals surface area contributed by atoms with E-state index in [1.165, 1.54) is 24.3 Å². The van der Waals surface area contributed by atoms with Crippen LogP contribution < -0.4 is 5.32 Å². The van der Waals surface area contributed by atoms with Crippen LogP contribution in [-0.2, 0) is 14.3 Å². The van der Waals surface area contributed by atoms with E-state index in [0.717, 1.165) is 17.2 Å². The average molecular weight is 375 g/mol. The number of esters is 1. The number of rotatable bonds is 6. The zero-order valence-corrected chi connectivity index (χ0v) is 15.0. The predicted octanol–water partition coefficient (Wildman–Crippen LogP) is 4.69. The molecule has 0 aliphatic heterocycles. The van der Waals surface area contributed by atoms with Gasteiger partial charge in [0.15, 0.2) is 6.61 Å². The summed E-state index contributed by atoms with van der Waals surface area (Å²) in [6.45, 7) is -0.421. The Balaban J connectivity index is 1.57. The van der Waals surface area contributed by atoms with Crippen molar-refractivity contribution in [1.29, 1.82) is 0 Å². The second-order valence-electron chi connectivity index (χ2n) is 5.96. The minimum Gasteiger partial charge on any atom is -0.452 e. The molecule has 0 spiro atoms. The van der Waals surface area contributed by atoms with Gasteiger partial charge in [-0.05, 0) is 35.4 Å². The lowest BCUT2D eigenvalue weighted by molar-refractivity contribution is -0.142. The maximum atomic E-state index is 13.1. The molecule has 3 rings (SSSR count). The van der Waals surface area contributed by atoms with Gasteiger partial charge in [0.2, 0.25) is 0 Å². The molecule has 28 heavy (non-hydrogen) atoms. The topological polar surface area (TPSA) is 55.4 Å². The molecule has 0 aliphatic rings. The molecule has 0 radical (unpaired) electrons. The van der Waals surface area contributed by atoms with Gasteiger partial charge >= 0.3 is 5.97 Å². The Morgan fingerprint density at radius 2 is 1.68 bits per heavy atom. The molecule has 0 saturated carbocycles. The van der Waals surface area contributed by atoms with Gasteiger partial charge in [-0.2, -0.15) is 0 Å². The Morgan fingerprint density at radius 1 is 0.929 bits per heavy atom. The zero-order chi connectivity index (χ0) is 19.8. The molecule has 0 unspecified atom stereocenters. The van der Waals surface area contributed by atoms with E-state index in [1.807, 2.05) is 48.5 Å². The second-order valence-corrected chi connectivity index (χ2v) is 5.96. The number of amides is 1. The van der Waals surface area contributed by atoms with E-state index in [0.29, 0.717) is 11.3 Å². The Hall–Kier alpha value is -3.73. The Bertz CT molecular complexity index is 999. The number of hydrogen-bond donors (Lipinski definition) is 1. The largest absolute Gasteiger partial charge is 0.452 e. The van der Waals surface area contributed by atoms with Crippen LogP contribution in [0.15, 0.2) is 84.9 Å². The molecule has 1 amide bonds.